The van der Waals surface area contributed by atoms with Crippen molar-refractivity contribution >= 4 is 15.9 Å². The van der Waals surface area contributed by atoms with Crippen molar-refractivity contribution in [1.82, 2.24) is 0 Å². The molecule has 0 heterocycles. The van der Waals surface area contributed by atoms with Gasteiger partial charge in [-0.1, -0.05) is 6.07 Å². The van der Waals surface area contributed by atoms with E-state index in [1.165, 1.54) is 18.2 Å². The molecule has 0 unspecified atom stereocenters. The van der Waals surface area contributed by atoms with Crippen molar-refractivity contribution in [2.75, 3.05) is 0 Å². The average Bonchev–Trinajstić information content (AvgIpc) is 2.33. The lowest BCUT2D eigenvalue weighted by molar-refractivity contribution is 0.305. The second-order valence-electron chi connectivity index (χ2n) is 3.53. The Balaban J connectivity index is 2.02. The molecule has 0 saturated carbocycles. The molecule has 4 heteroatoms. The highest BCUT2D eigenvalue weighted by Gasteiger charge is 2.01. The van der Waals surface area contributed by atoms with Crippen molar-refractivity contribution in [3.05, 3.63) is 58.3 Å². The van der Waals surface area contributed by atoms with Crippen LogP contribution < -0.4 is 4.74 Å². The minimum absolute atomic E-state index is 0.187. The zero-order chi connectivity index (χ0) is 12.3. The van der Waals surface area contributed by atoms with Crippen LogP contribution in [-0.2, 0) is 6.61 Å². The Morgan fingerprint density at radius 3 is 2.47 bits per heavy atom. The van der Waals surface area contributed by atoms with Gasteiger partial charge in [0.25, 0.3) is 0 Å². The van der Waals surface area contributed by atoms with Gasteiger partial charge in [0.15, 0.2) is 0 Å². The number of rotatable bonds is 3. The normalized spacial score (nSPS) is 10.2. The predicted octanol–water partition coefficient (Wildman–Crippen LogP) is 3.87. The maximum absolute atomic E-state index is 13.2. The second-order valence-corrected chi connectivity index (χ2v) is 4.39. The molecule has 0 amide bonds. The third-order valence-corrected chi connectivity index (χ3v) is 2.87. The summed E-state index contributed by atoms with van der Waals surface area (Å²) in [5.41, 5.74) is 0.749. The molecule has 0 aliphatic heterocycles. The molecule has 2 aromatic carbocycles. The van der Waals surface area contributed by atoms with E-state index in [-0.39, 0.29) is 18.2 Å². The molecule has 0 saturated heterocycles. The molecule has 0 atom stereocenters. The lowest BCUT2D eigenvalue weighted by Crippen LogP contribution is -1.96. The second kappa shape index (κ2) is 5.19. The van der Waals surface area contributed by atoms with E-state index in [1.807, 2.05) is 0 Å². The van der Waals surface area contributed by atoms with Gasteiger partial charge in [-0.25, -0.2) is 4.39 Å². The smallest absolute Gasteiger partial charge is 0.137 e. The van der Waals surface area contributed by atoms with Crippen LogP contribution in [0, 0.1) is 5.82 Å². The van der Waals surface area contributed by atoms with Crippen LogP contribution in [0.15, 0.2) is 46.9 Å². The fraction of sp³-hybridized carbons (Fsp3) is 0.0769. The average molecular weight is 297 g/mol. The Hall–Kier alpha value is -1.55. The van der Waals surface area contributed by atoms with Gasteiger partial charge in [0, 0.05) is 0 Å². The van der Waals surface area contributed by atoms with Gasteiger partial charge in [-0.05, 0) is 57.9 Å². The Morgan fingerprint density at radius 1 is 1.12 bits per heavy atom. The minimum Gasteiger partial charge on any atom is -0.508 e. The third kappa shape index (κ3) is 3.20. The van der Waals surface area contributed by atoms with E-state index in [2.05, 4.69) is 15.9 Å². The molecule has 2 aromatic rings. The first-order chi connectivity index (χ1) is 8.15. The molecule has 88 valence electrons. The molecule has 0 fully saturated rings. The Labute approximate surface area is 107 Å². The van der Waals surface area contributed by atoms with Crippen molar-refractivity contribution in [3.63, 3.8) is 0 Å². The molecular formula is C13H10BrFO2. The van der Waals surface area contributed by atoms with Gasteiger partial charge >= 0.3 is 0 Å². The molecule has 2 nitrogen and oxygen atoms in total. The standard InChI is InChI=1S/C13H10BrFO2/c14-12-6-1-9(7-13(12)15)8-17-11-4-2-10(16)3-5-11/h1-7,16H,8H2. The lowest BCUT2D eigenvalue weighted by atomic mass is 10.2. The van der Waals surface area contributed by atoms with Crippen LogP contribution >= 0.6 is 15.9 Å². The number of phenolic OH excluding ortho intramolecular Hbond substituents is 1. The molecular weight excluding hydrogens is 287 g/mol. The van der Waals surface area contributed by atoms with Crippen molar-refractivity contribution in [1.29, 1.82) is 0 Å². The fourth-order valence-electron chi connectivity index (χ4n) is 1.34. The van der Waals surface area contributed by atoms with Crippen molar-refractivity contribution in [2.24, 2.45) is 0 Å². The first kappa shape index (κ1) is 11.9. The van der Waals surface area contributed by atoms with Gasteiger partial charge in [-0.15, -0.1) is 0 Å². The van der Waals surface area contributed by atoms with Crippen LogP contribution in [-0.4, -0.2) is 5.11 Å². The summed E-state index contributed by atoms with van der Waals surface area (Å²) in [7, 11) is 0. The summed E-state index contributed by atoms with van der Waals surface area (Å²) in [5, 5.41) is 9.10. The van der Waals surface area contributed by atoms with Gasteiger partial charge in [-0.3, -0.25) is 0 Å². The highest BCUT2D eigenvalue weighted by atomic mass is 79.9. The zero-order valence-corrected chi connectivity index (χ0v) is 10.4. The summed E-state index contributed by atoms with van der Waals surface area (Å²) < 4.78 is 19.1. The largest absolute Gasteiger partial charge is 0.508 e. The molecule has 0 radical (unpaired) electrons. The number of halogens is 2. The minimum atomic E-state index is -0.309. The molecule has 1 N–H and O–H groups in total. The topological polar surface area (TPSA) is 29.5 Å². The van der Waals surface area contributed by atoms with Crippen molar-refractivity contribution in [3.8, 4) is 11.5 Å². The summed E-state index contributed by atoms with van der Waals surface area (Å²) >= 11 is 3.09. The molecule has 2 rings (SSSR count). The van der Waals surface area contributed by atoms with Crippen LogP contribution in [0.25, 0.3) is 0 Å². The zero-order valence-electron chi connectivity index (χ0n) is 8.86. The quantitative estimate of drug-likeness (QED) is 0.931. The van der Waals surface area contributed by atoms with Crippen molar-refractivity contribution < 1.29 is 14.2 Å². The first-order valence-corrected chi connectivity index (χ1v) is 5.80. The Bertz CT molecular complexity index is 511. The predicted molar refractivity (Wildman–Crippen MR) is 66.5 cm³/mol. The van der Waals surface area contributed by atoms with Gasteiger partial charge in [0.05, 0.1) is 4.47 Å². The molecule has 0 aliphatic carbocycles. The number of hydrogen-bond donors (Lipinski definition) is 1. The van der Waals surface area contributed by atoms with Crippen LogP contribution in [0.4, 0.5) is 4.39 Å². The third-order valence-electron chi connectivity index (χ3n) is 2.23. The fourth-order valence-corrected chi connectivity index (χ4v) is 1.59. The summed E-state index contributed by atoms with van der Waals surface area (Å²) in [4.78, 5) is 0. The summed E-state index contributed by atoms with van der Waals surface area (Å²) in [6.07, 6.45) is 0. The van der Waals surface area contributed by atoms with Crippen LogP contribution in [0.2, 0.25) is 0 Å². The van der Waals surface area contributed by atoms with E-state index in [1.54, 1.807) is 24.3 Å². The van der Waals surface area contributed by atoms with E-state index >= 15 is 0 Å². The Morgan fingerprint density at radius 2 is 1.82 bits per heavy atom. The van der Waals surface area contributed by atoms with Crippen LogP contribution in [0.1, 0.15) is 5.56 Å². The van der Waals surface area contributed by atoms with Gasteiger partial charge in [-0.2, -0.15) is 0 Å². The summed E-state index contributed by atoms with van der Waals surface area (Å²) in [5.74, 6) is 0.509. The Kier molecular flexibility index (Phi) is 3.64. The van der Waals surface area contributed by atoms with E-state index in [0.717, 1.165) is 5.56 Å². The molecule has 17 heavy (non-hydrogen) atoms. The molecule has 0 bridgehead atoms. The van der Waals surface area contributed by atoms with E-state index in [0.29, 0.717) is 10.2 Å². The number of ether oxygens (including phenoxy) is 1. The number of benzene rings is 2. The van der Waals surface area contributed by atoms with E-state index < -0.39 is 0 Å². The van der Waals surface area contributed by atoms with Crippen molar-refractivity contribution in [2.45, 2.75) is 6.61 Å². The number of phenols is 1. The van der Waals surface area contributed by atoms with Gasteiger partial charge in [0.2, 0.25) is 0 Å². The monoisotopic (exact) mass is 296 g/mol. The highest BCUT2D eigenvalue weighted by molar-refractivity contribution is 9.10. The molecule has 0 spiro atoms. The molecule has 0 aromatic heterocycles. The van der Waals surface area contributed by atoms with Crippen LogP contribution in [0.3, 0.4) is 0 Å². The van der Waals surface area contributed by atoms with E-state index in [4.69, 9.17) is 9.84 Å². The maximum Gasteiger partial charge on any atom is 0.137 e. The number of hydrogen-bond acceptors (Lipinski definition) is 2. The number of aromatic hydroxyl groups is 1. The van der Waals surface area contributed by atoms with E-state index in [9.17, 15) is 4.39 Å². The maximum atomic E-state index is 13.2. The van der Waals surface area contributed by atoms with Gasteiger partial charge in [0.1, 0.15) is 23.9 Å². The first-order valence-electron chi connectivity index (χ1n) is 5.01. The van der Waals surface area contributed by atoms with Gasteiger partial charge < -0.3 is 9.84 Å². The highest BCUT2D eigenvalue weighted by Crippen LogP contribution is 2.19. The lowest BCUT2D eigenvalue weighted by Gasteiger charge is -2.06. The summed E-state index contributed by atoms with van der Waals surface area (Å²) in [6.45, 7) is 0.287. The van der Waals surface area contributed by atoms with Crippen LogP contribution in [0.5, 0.6) is 11.5 Å². The SMILES string of the molecule is Oc1ccc(OCc2ccc(Br)c(F)c2)cc1. The summed E-state index contributed by atoms with van der Waals surface area (Å²) in [6, 6.07) is 11.2. The molecule has 0 aliphatic rings.